The summed E-state index contributed by atoms with van der Waals surface area (Å²) in [5.74, 6) is 3.76. The number of hydrogen-bond acceptors (Lipinski definition) is 9. The molecule has 0 bridgehead atoms. The van der Waals surface area contributed by atoms with Gasteiger partial charge in [-0.25, -0.2) is 4.57 Å². The summed E-state index contributed by atoms with van der Waals surface area (Å²) >= 11 is 0. The van der Waals surface area contributed by atoms with E-state index in [1.54, 1.807) is 0 Å². The number of unbranched alkanes of at least 4 members (excludes halogenated alkanes) is 18. The highest BCUT2D eigenvalue weighted by molar-refractivity contribution is 7.47. The molecule has 2 atom stereocenters. The number of phosphoric acid groups is 1. The second-order valence-electron chi connectivity index (χ2n) is 19.0. The Labute approximate surface area is 383 Å². The zero-order chi connectivity index (χ0) is 46.4. The first kappa shape index (κ1) is 56.7. The van der Waals surface area contributed by atoms with E-state index in [1.807, 2.05) is 21.1 Å². The van der Waals surface area contributed by atoms with E-state index in [4.69, 9.17) is 27.4 Å². The molecule has 2 aromatic heterocycles. The molecule has 364 valence electrons. The Hall–Kier alpha value is -2.43. The number of carbonyl (C=O) groups excluding carboxylic acids is 2. The van der Waals surface area contributed by atoms with Crippen LogP contribution in [0.4, 0.5) is 0 Å². The predicted molar refractivity (Wildman–Crippen MR) is 254 cm³/mol. The first-order valence-electron chi connectivity index (χ1n) is 25.1. The van der Waals surface area contributed by atoms with Crippen LogP contribution in [0.1, 0.15) is 208 Å². The Morgan fingerprint density at radius 2 is 1.06 bits per heavy atom. The van der Waals surface area contributed by atoms with Gasteiger partial charge in [-0.15, -0.1) is 0 Å². The maximum absolute atomic E-state index is 12.8. The van der Waals surface area contributed by atoms with Crippen molar-refractivity contribution in [3.05, 3.63) is 45.8 Å². The molecule has 0 spiro atoms. The third kappa shape index (κ3) is 27.6. The highest BCUT2D eigenvalue weighted by Gasteiger charge is 2.27. The van der Waals surface area contributed by atoms with Gasteiger partial charge in [-0.2, -0.15) is 0 Å². The van der Waals surface area contributed by atoms with Crippen LogP contribution in [0.15, 0.2) is 14.9 Å². The van der Waals surface area contributed by atoms with E-state index in [0.29, 0.717) is 23.9 Å². The van der Waals surface area contributed by atoms with Gasteiger partial charge in [0.2, 0.25) is 0 Å². The second-order valence-corrected chi connectivity index (χ2v) is 20.4. The largest absolute Gasteiger partial charge is 0.472 e. The van der Waals surface area contributed by atoms with E-state index in [0.717, 1.165) is 94.3 Å². The summed E-state index contributed by atoms with van der Waals surface area (Å²) in [6.45, 7) is 10.8. The van der Waals surface area contributed by atoms with Crippen molar-refractivity contribution < 1.29 is 50.9 Å². The lowest BCUT2D eigenvalue weighted by molar-refractivity contribution is -0.870. The minimum absolute atomic E-state index is 0.0202. The van der Waals surface area contributed by atoms with E-state index in [2.05, 4.69) is 40.7 Å². The lowest BCUT2D eigenvalue weighted by atomic mass is 10.0. The number of phosphoric ester groups is 1. The third-order valence-electron chi connectivity index (χ3n) is 12.0. The Morgan fingerprint density at radius 3 is 1.59 bits per heavy atom. The SMILES string of the molecule is CCCCCc1cc(C)c(CCCCCCCCCCCCC(=O)OC(COC(=O)CCCCCCCCc2oc(CCCCC)c(C)c2C)COP(=O)(O)OCC[N+](C)(C)C)o1. The number of nitrogens with zero attached hydrogens (tertiary/aromatic N) is 1. The first-order valence-corrected chi connectivity index (χ1v) is 26.6. The van der Waals surface area contributed by atoms with Gasteiger partial charge in [0.1, 0.15) is 42.8 Å². The molecule has 0 saturated heterocycles. The van der Waals surface area contributed by atoms with Gasteiger partial charge < -0.3 is 27.7 Å². The number of quaternary nitrogens is 1. The number of esters is 2. The fourth-order valence-corrected chi connectivity index (χ4v) is 8.48. The predicted octanol–water partition coefficient (Wildman–Crippen LogP) is 13.4. The normalized spacial score (nSPS) is 13.3. The number of aryl methyl sites for hydroxylation is 5. The van der Waals surface area contributed by atoms with Gasteiger partial charge in [0, 0.05) is 38.5 Å². The zero-order valence-corrected chi connectivity index (χ0v) is 42.2. The number of furan rings is 2. The Balaban J connectivity index is 1.63. The fraction of sp³-hybridized carbons (Fsp3) is 0.804. The van der Waals surface area contributed by atoms with Gasteiger partial charge in [-0.05, 0) is 82.1 Å². The van der Waals surface area contributed by atoms with Crippen molar-refractivity contribution in [3.63, 3.8) is 0 Å². The number of carbonyl (C=O) groups is 2. The minimum atomic E-state index is -4.40. The molecule has 2 aromatic rings. The molecule has 0 amide bonds. The quantitative estimate of drug-likeness (QED) is 0.0298. The summed E-state index contributed by atoms with van der Waals surface area (Å²) in [5, 5.41) is 0. The molecule has 2 unspecified atom stereocenters. The van der Waals surface area contributed by atoms with Crippen LogP contribution >= 0.6 is 7.82 Å². The molecule has 2 rings (SSSR count). The van der Waals surface area contributed by atoms with Crippen molar-refractivity contribution in [1.82, 2.24) is 0 Å². The van der Waals surface area contributed by atoms with Gasteiger partial charge in [-0.1, -0.05) is 117 Å². The van der Waals surface area contributed by atoms with Crippen LogP contribution in [0.5, 0.6) is 0 Å². The summed E-state index contributed by atoms with van der Waals surface area (Å²) in [4.78, 5) is 35.7. The van der Waals surface area contributed by atoms with Gasteiger partial charge >= 0.3 is 19.8 Å². The molecule has 11 nitrogen and oxygen atoms in total. The molecular weight excluding hydrogens is 818 g/mol. The monoisotopic (exact) mass is 909 g/mol. The van der Waals surface area contributed by atoms with Crippen molar-refractivity contribution in [3.8, 4) is 0 Å². The maximum atomic E-state index is 12.8. The van der Waals surface area contributed by atoms with Crippen molar-refractivity contribution in [2.24, 2.45) is 0 Å². The van der Waals surface area contributed by atoms with Crippen molar-refractivity contribution >= 4 is 19.8 Å². The summed E-state index contributed by atoms with van der Waals surface area (Å²) in [7, 11) is 1.44. The van der Waals surface area contributed by atoms with Crippen LogP contribution in [0.2, 0.25) is 0 Å². The van der Waals surface area contributed by atoms with E-state index in [9.17, 15) is 19.0 Å². The smallest absolute Gasteiger partial charge is 0.466 e. The zero-order valence-electron chi connectivity index (χ0n) is 41.3. The highest BCUT2D eigenvalue weighted by Crippen LogP contribution is 2.43. The van der Waals surface area contributed by atoms with Crippen molar-refractivity contribution in [2.45, 2.75) is 221 Å². The Kier molecular flexibility index (Phi) is 29.8. The van der Waals surface area contributed by atoms with E-state index >= 15 is 0 Å². The van der Waals surface area contributed by atoms with Crippen molar-refractivity contribution in [1.29, 1.82) is 0 Å². The average Bonchev–Trinajstić information content (AvgIpc) is 3.72. The lowest BCUT2D eigenvalue weighted by Crippen LogP contribution is -2.37. The summed E-state index contributed by atoms with van der Waals surface area (Å²) in [6.07, 6.45) is 27.9. The van der Waals surface area contributed by atoms with E-state index in [1.165, 1.54) is 99.5 Å². The molecule has 0 aliphatic carbocycles. The third-order valence-corrected chi connectivity index (χ3v) is 13.0. The molecule has 1 N–H and O–H groups in total. The molecular formula is C51H91NO10P+. The van der Waals surface area contributed by atoms with Gasteiger partial charge in [0.05, 0.1) is 27.7 Å². The van der Waals surface area contributed by atoms with Crippen LogP contribution in [-0.4, -0.2) is 74.9 Å². The molecule has 12 heteroatoms. The molecule has 63 heavy (non-hydrogen) atoms. The summed E-state index contributed by atoms with van der Waals surface area (Å²) < 4.78 is 46.9. The van der Waals surface area contributed by atoms with E-state index < -0.39 is 32.5 Å². The average molecular weight is 909 g/mol. The number of likely N-dealkylation sites (N-methyl/N-ethyl adjacent to an activating group) is 1. The minimum Gasteiger partial charge on any atom is -0.466 e. The van der Waals surface area contributed by atoms with Crippen LogP contribution in [-0.2, 0) is 58.4 Å². The van der Waals surface area contributed by atoms with Crippen molar-refractivity contribution in [2.75, 3.05) is 47.5 Å². The topological polar surface area (TPSA) is 135 Å². The second kappa shape index (κ2) is 33.1. The Morgan fingerprint density at radius 1 is 0.603 bits per heavy atom. The highest BCUT2D eigenvalue weighted by atomic mass is 31.2. The van der Waals surface area contributed by atoms with Gasteiger partial charge in [-0.3, -0.25) is 18.6 Å². The van der Waals surface area contributed by atoms with Crippen LogP contribution in [0.3, 0.4) is 0 Å². The molecule has 0 saturated carbocycles. The standard InChI is InChI=1S/C51H90NO10P/c1-9-11-25-31-45-39-42(3)47(60-45)32-27-21-17-15-13-14-16-18-24-30-36-51(54)61-46(41-59-63(55,56)58-38-37-52(6,7)8)40-57-50(53)35-29-23-20-19-22-28-34-49-44(5)43(4)48(62-49)33-26-12-10-2/h39,46H,9-38,40-41H2,1-8H3/p+1. The molecule has 0 radical (unpaired) electrons. The van der Waals surface area contributed by atoms with E-state index in [-0.39, 0.29) is 26.1 Å². The Bertz CT molecular complexity index is 1560. The van der Waals surface area contributed by atoms with Gasteiger partial charge in [0.15, 0.2) is 6.10 Å². The number of hydrogen-bond donors (Lipinski definition) is 1. The molecule has 0 aliphatic heterocycles. The fourth-order valence-electron chi connectivity index (χ4n) is 7.74. The molecule has 0 aromatic carbocycles. The van der Waals surface area contributed by atoms with Crippen LogP contribution < -0.4 is 0 Å². The molecule has 2 heterocycles. The first-order chi connectivity index (χ1) is 30.1. The van der Waals surface area contributed by atoms with Gasteiger partial charge in [0.25, 0.3) is 0 Å². The maximum Gasteiger partial charge on any atom is 0.472 e. The van der Waals surface area contributed by atoms with Crippen LogP contribution in [0.25, 0.3) is 0 Å². The lowest BCUT2D eigenvalue weighted by Gasteiger charge is -2.24. The molecule has 0 aliphatic rings. The van der Waals surface area contributed by atoms with Crippen LogP contribution in [0, 0.1) is 20.8 Å². The summed E-state index contributed by atoms with van der Waals surface area (Å²) in [5.41, 5.74) is 3.91. The number of rotatable bonds is 40. The molecule has 0 fully saturated rings. The summed E-state index contributed by atoms with van der Waals surface area (Å²) in [6, 6.07) is 2.23. The number of ether oxygens (including phenoxy) is 2.